The number of carbonyl (C=O) groups is 3. The van der Waals surface area contributed by atoms with Gasteiger partial charge in [-0.3, -0.25) is 20.3 Å². The lowest BCUT2D eigenvalue weighted by Crippen LogP contribution is -2.41. The molecule has 0 aliphatic carbocycles. The molecule has 1 amide bonds. The number of rotatable bonds is 12. The third kappa shape index (κ3) is 10.3. The second-order valence-electron chi connectivity index (χ2n) is 4.46. The third-order valence-corrected chi connectivity index (χ3v) is 3.74. The number of aliphatic carboxylic acids is 2. The van der Waals surface area contributed by atoms with Crippen molar-refractivity contribution in [3.8, 4) is 0 Å². The highest BCUT2D eigenvalue weighted by atomic mass is 31.2. The maximum absolute atomic E-state index is 11.6. The number of carboxylic acid groups (broad SMARTS) is 2. The SMILES string of the molecule is COP(=N)(N)OCCCCC(=O)NC(CCC(=O)O)C(=O)O. The van der Waals surface area contributed by atoms with Crippen LogP contribution in [-0.4, -0.2) is 47.8 Å². The zero-order valence-corrected chi connectivity index (χ0v) is 13.2. The Morgan fingerprint density at radius 2 is 1.91 bits per heavy atom. The Bertz CT molecular complexity index is 443. The quantitative estimate of drug-likeness (QED) is 0.256. The number of nitrogens with two attached hydrogens (primary N) is 1. The van der Waals surface area contributed by atoms with E-state index in [0.717, 1.165) is 0 Å². The van der Waals surface area contributed by atoms with Crippen molar-refractivity contribution >= 4 is 25.5 Å². The Morgan fingerprint density at radius 1 is 1.27 bits per heavy atom. The van der Waals surface area contributed by atoms with Crippen LogP contribution in [0.3, 0.4) is 0 Å². The average molecular weight is 339 g/mol. The first kappa shape index (κ1) is 20.5. The summed E-state index contributed by atoms with van der Waals surface area (Å²) in [4.78, 5) is 32.9. The molecule has 0 aromatic heterocycles. The van der Waals surface area contributed by atoms with Gasteiger partial charge in [-0.25, -0.2) is 4.79 Å². The molecular formula is C11H22N3O7P. The molecule has 22 heavy (non-hydrogen) atoms. The van der Waals surface area contributed by atoms with E-state index < -0.39 is 31.5 Å². The first-order valence-electron chi connectivity index (χ1n) is 6.55. The van der Waals surface area contributed by atoms with Crippen molar-refractivity contribution in [2.45, 2.75) is 38.1 Å². The van der Waals surface area contributed by atoms with Crippen LogP contribution in [0.4, 0.5) is 0 Å². The monoisotopic (exact) mass is 339 g/mol. The van der Waals surface area contributed by atoms with E-state index in [1.54, 1.807) is 0 Å². The summed E-state index contributed by atoms with van der Waals surface area (Å²) >= 11 is 0. The van der Waals surface area contributed by atoms with Crippen molar-refractivity contribution in [3.05, 3.63) is 0 Å². The summed E-state index contributed by atoms with van der Waals surface area (Å²) < 4.78 is 9.62. The largest absolute Gasteiger partial charge is 0.481 e. The van der Waals surface area contributed by atoms with Crippen LogP contribution >= 0.6 is 7.66 Å². The predicted molar refractivity (Wildman–Crippen MR) is 77.1 cm³/mol. The van der Waals surface area contributed by atoms with Crippen molar-refractivity contribution in [3.63, 3.8) is 0 Å². The number of hydrogen-bond donors (Lipinski definition) is 5. The Hall–Kier alpha value is -1.48. The fourth-order valence-electron chi connectivity index (χ4n) is 1.43. The van der Waals surface area contributed by atoms with Gasteiger partial charge in [0.1, 0.15) is 6.04 Å². The van der Waals surface area contributed by atoms with E-state index in [1.807, 2.05) is 0 Å². The summed E-state index contributed by atoms with van der Waals surface area (Å²) in [6.07, 6.45) is 0.434. The predicted octanol–water partition coefficient (Wildman–Crippen LogP) is 0.738. The van der Waals surface area contributed by atoms with E-state index in [9.17, 15) is 14.4 Å². The zero-order valence-electron chi connectivity index (χ0n) is 12.3. The number of amides is 1. The topological polar surface area (TPSA) is 172 Å². The van der Waals surface area contributed by atoms with E-state index in [2.05, 4.69) is 9.84 Å². The molecule has 11 heteroatoms. The molecule has 6 N–H and O–H groups in total. The fraction of sp³-hybridized carbons (Fsp3) is 0.727. The molecule has 0 saturated heterocycles. The second kappa shape index (κ2) is 10.3. The Labute approximate surface area is 128 Å². The highest BCUT2D eigenvalue weighted by Crippen LogP contribution is 2.38. The van der Waals surface area contributed by atoms with Crippen molar-refractivity contribution in [2.24, 2.45) is 5.50 Å². The molecular weight excluding hydrogens is 317 g/mol. The molecule has 0 fully saturated rings. The highest BCUT2D eigenvalue weighted by molar-refractivity contribution is 7.52. The van der Waals surface area contributed by atoms with Crippen LogP contribution in [-0.2, 0) is 23.4 Å². The highest BCUT2D eigenvalue weighted by Gasteiger charge is 2.20. The smallest absolute Gasteiger partial charge is 0.326 e. The molecule has 0 saturated carbocycles. The van der Waals surface area contributed by atoms with Gasteiger partial charge in [0.2, 0.25) is 5.91 Å². The molecule has 0 aliphatic rings. The van der Waals surface area contributed by atoms with Crippen LogP contribution in [0, 0.1) is 5.16 Å². The Kier molecular flexibility index (Phi) is 9.59. The first-order valence-corrected chi connectivity index (χ1v) is 8.24. The molecule has 0 aliphatic heterocycles. The number of nitrogens with one attached hydrogen (secondary N) is 2. The van der Waals surface area contributed by atoms with Crippen molar-refractivity contribution in [1.82, 2.24) is 5.32 Å². The molecule has 0 aromatic rings. The molecule has 0 heterocycles. The molecule has 0 spiro atoms. The number of carbonyl (C=O) groups excluding carboxylic acids is 1. The van der Waals surface area contributed by atoms with Crippen LogP contribution in [0.15, 0.2) is 0 Å². The van der Waals surface area contributed by atoms with E-state index >= 15 is 0 Å². The number of carboxylic acids is 2. The zero-order chi connectivity index (χ0) is 17.2. The van der Waals surface area contributed by atoms with Gasteiger partial charge in [0, 0.05) is 20.0 Å². The maximum atomic E-state index is 11.6. The van der Waals surface area contributed by atoms with Crippen molar-refractivity contribution in [2.75, 3.05) is 13.7 Å². The van der Waals surface area contributed by atoms with Crippen LogP contribution in [0.1, 0.15) is 32.1 Å². The van der Waals surface area contributed by atoms with Gasteiger partial charge < -0.3 is 24.6 Å². The van der Waals surface area contributed by atoms with Crippen LogP contribution in [0.25, 0.3) is 0 Å². The van der Waals surface area contributed by atoms with Crippen LogP contribution < -0.4 is 10.8 Å². The number of unbranched alkanes of at least 4 members (excludes halogenated alkanes) is 1. The summed E-state index contributed by atoms with van der Waals surface area (Å²) in [5.41, 5.74) is 5.36. The fourth-order valence-corrected chi connectivity index (χ4v) is 1.94. The Balaban J connectivity index is 3.98. The standard InChI is InChI=1S/C11H22N3O7P/c1-20-22(12,13)21-7-3-2-4-9(15)14-8(11(18)19)5-6-10(16)17/h8H,2-7H2,1H3,(H3,12,13)(H,14,15)(H,16,17)(H,18,19). The molecule has 2 unspecified atom stereocenters. The minimum absolute atomic E-state index is 0.0706. The second-order valence-corrected chi connectivity index (χ2v) is 6.28. The van der Waals surface area contributed by atoms with Gasteiger partial charge in [-0.05, 0) is 19.3 Å². The van der Waals surface area contributed by atoms with Crippen LogP contribution in [0.2, 0.25) is 0 Å². The molecule has 0 aromatic carbocycles. The van der Waals surface area contributed by atoms with E-state index in [4.69, 9.17) is 25.4 Å². The summed E-state index contributed by atoms with van der Waals surface area (Å²) in [5, 5.41) is 27.0. The maximum Gasteiger partial charge on any atom is 0.326 e. The summed E-state index contributed by atoms with van der Waals surface area (Å²) in [6, 6.07) is -1.22. The summed E-state index contributed by atoms with van der Waals surface area (Å²) in [7, 11) is -1.75. The Morgan fingerprint density at radius 3 is 2.41 bits per heavy atom. The molecule has 2 atom stereocenters. The van der Waals surface area contributed by atoms with Gasteiger partial charge in [0.05, 0.1) is 6.61 Å². The number of hydrogen-bond acceptors (Lipinski definition) is 6. The van der Waals surface area contributed by atoms with Crippen LogP contribution in [0.5, 0.6) is 0 Å². The molecule has 0 bridgehead atoms. The summed E-state index contributed by atoms with van der Waals surface area (Å²) in [6.45, 7) is 0.163. The van der Waals surface area contributed by atoms with Gasteiger partial charge in [0.25, 0.3) is 7.66 Å². The first-order chi connectivity index (χ1) is 10.2. The van der Waals surface area contributed by atoms with E-state index in [-0.39, 0.29) is 25.9 Å². The molecule has 10 nitrogen and oxygen atoms in total. The third-order valence-electron chi connectivity index (χ3n) is 2.63. The van der Waals surface area contributed by atoms with Gasteiger partial charge in [-0.2, -0.15) is 0 Å². The van der Waals surface area contributed by atoms with Gasteiger partial charge in [-0.1, -0.05) is 0 Å². The normalized spacial score (nSPS) is 14.8. The molecule has 0 rings (SSSR count). The lowest BCUT2D eigenvalue weighted by Gasteiger charge is -2.15. The minimum atomic E-state index is -3.03. The molecule has 0 radical (unpaired) electrons. The van der Waals surface area contributed by atoms with E-state index in [0.29, 0.717) is 12.8 Å². The lowest BCUT2D eigenvalue weighted by atomic mass is 10.1. The lowest BCUT2D eigenvalue weighted by molar-refractivity contribution is -0.143. The van der Waals surface area contributed by atoms with Crippen molar-refractivity contribution in [1.29, 1.82) is 5.16 Å². The van der Waals surface area contributed by atoms with Gasteiger partial charge in [-0.15, -0.1) is 0 Å². The van der Waals surface area contributed by atoms with Crippen molar-refractivity contribution < 1.29 is 33.6 Å². The molecule has 128 valence electrons. The summed E-state index contributed by atoms with van der Waals surface area (Å²) in [5.74, 6) is -2.88. The van der Waals surface area contributed by atoms with Gasteiger partial charge in [0.15, 0.2) is 0 Å². The minimum Gasteiger partial charge on any atom is -0.481 e. The average Bonchev–Trinajstić information content (AvgIpc) is 2.42. The van der Waals surface area contributed by atoms with Gasteiger partial charge >= 0.3 is 11.9 Å². The van der Waals surface area contributed by atoms with E-state index in [1.165, 1.54) is 7.11 Å².